The van der Waals surface area contributed by atoms with Crippen LogP contribution in [-0.2, 0) is 4.74 Å². The van der Waals surface area contributed by atoms with E-state index >= 15 is 0 Å². The van der Waals surface area contributed by atoms with Crippen molar-refractivity contribution in [1.82, 2.24) is 19.9 Å². The second-order valence-electron chi connectivity index (χ2n) is 9.03. The van der Waals surface area contributed by atoms with Crippen molar-refractivity contribution in [2.24, 2.45) is 5.92 Å². The van der Waals surface area contributed by atoms with E-state index in [1.165, 1.54) is 31.4 Å². The summed E-state index contributed by atoms with van der Waals surface area (Å²) in [6.07, 6.45) is 6.26. The first kappa shape index (κ1) is 21.2. The smallest absolute Gasteiger partial charge is 0.180 e. The van der Waals surface area contributed by atoms with Gasteiger partial charge < -0.3 is 9.64 Å². The predicted octanol–water partition coefficient (Wildman–Crippen LogP) is 3.87. The summed E-state index contributed by atoms with van der Waals surface area (Å²) >= 11 is 0. The summed E-state index contributed by atoms with van der Waals surface area (Å²) in [6.45, 7) is 14.1. The average molecular weight is 410 g/mol. The Morgan fingerprint density at radius 3 is 2.43 bits per heavy atom. The Kier molecular flexibility index (Phi) is 6.64. The fraction of sp³-hybridized carbons (Fsp3) is 0.625. The third-order valence-corrected chi connectivity index (χ3v) is 6.52. The molecule has 0 radical (unpaired) electrons. The molecule has 0 spiro atoms. The molecule has 2 aliphatic rings. The number of hydrogen-bond donors (Lipinski definition) is 0. The van der Waals surface area contributed by atoms with Gasteiger partial charge in [-0.2, -0.15) is 0 Å². The van der Waals surface area contributed by atoms with Gasteiger partial charge in [-0.25, -0.2) is 9.97 Å². The van der Waals surface area contributed by atoms with Gasteiger partial charge in [-0.05, 0) is 71.6 Å². The maximum absolute atomic E-state index is 5.87. The van der Waals surface area contributed by atoms with Crippen LogP contribution in [0.15, 0.2) is 24.4 Å². The van der Waals surface area contributed by atoms with Gasteiger partial charge in [0.25, 0.3) is 0 Å². The zero-order valence-corrected chi connectivity index (χ0v) is 18.8. The third-order valence-electron chi connectivity index (χ3n) is 6.52. The molecule has 0 N–H and O–H groups in total. The van der Waals surface area contributed by atoms with Gasteiger partial charge in [-0.1, -0.05) is 6.07 Å². The van der Waals surface area contributed by atoms with E-state index in [4.69, 9.17) is 14.7 Å². The fourth-order valence-corrected chi connectivity index (χ4v) is 4.80. The van der Waals surface area contributed by atoms with Crippen LogP contribution in [0.25, 0.3) is 11.5 Å². The van der Waals surface area contributed by atoms with Crippen LogP contribution in [0.2, 0.25) is 0 Å². The number of morpholine rings is 1. The fourth-order valence-electron chi connectivity index (χ4n) is 4.80. The lowest BCUT2D eigenvalue weighted by molar-refractivity contribution is -0.0690. The van der Waals surface area contributed by atoms with Gasteiger partial charge in [0.05, 0.1) is 12.2 Å². The first-order valence-corrected chi connectivity index (χ1v) is 11.4. The Balaban J connectivity index is 1.36. The Morgan fingerprint density at radius 2 is 1.77 bits per heavy atom. The van der Waals surface area contributed by atoms with Crippen LogP contribution in [0.5, 0.6) is 0 Å². The lowest BCUT2D eigenvalue weighted by Crippen LogP contribution is -2.46. The first-order chi connectivity index (χ1) is 14.5. The van der Waals surface area contributed by atoms with E-state index in [2.05, 4.69) is 42.5 Å². The minimum absolute atomic E-state index is 0.355. The van der Waals surface area contributed by atoms with Crippen molar-refractivity contribution in [1.29, 1.82) is 0 Å². The lowest BCUT2D eigenvalue weighted by atomic mass is 9.93. The van der Waals surface area contributed by atoms with E-state index in [1.54, 1.807) is 6.20 Å². The maximum atomic E-state index is 5.87. The van der Waals surface area contributed by atoms with Crippen LogP contribution in [-0.4, -0.2) is 64.8 Å². The van der Waals surface area contributed by atoms with Crippen molar-refractivity contribution in [2.45, 2.75) is 59.2 Å². The molecule has 0 aliphatic carbocycles. The topological polar surface area (TPSA) is 54.4 Å². The first-order valence-electron chi connectivity index (χ1n) is 11.4. The highest BCUT2D eigenvalue weighted by atomic mass is 16.5. The summed E-state index contributed by atoms with van der Waals surface area (Å²) in [6, 6.07) is 5.89. The molecule has 162 valence electrons. The number of nitrogens with zero attached hydrogens (tertiary/aromatic N) is 5. The summed E-state index contributed by atoms with van der Waals surface area (Å²) in [4.78, 5) is 19.1. The van der Waals surface area contributed by atoms with E-state index < -0.39 is 0 Å². The van der Waals surface area contributed by atoms with Crippen molar-refractivity contribution in [2.75, 3.05) is 37.6 Å². The molecule has 2 aromatic heterocycles. The highest BCUT2D eigenvalue weighted by Crippen LogP contribution is 2.29. The number of aromatic nitrogens is 3. The molecule has 4 heterocycles. The van der Waals surface area contributed by atoms with E-state index in [-0.39, 0.29) is 0 Å². The van der Waals surface area contributed by atoms with Crippen molar-refractivity contribution in [3.63, 3.8) is 0 Å². The summed E-state index contributed by atoms with van der Waals surface area (Å²) in [7, 11) is 0. The largest absolute Gasteiger partial charge is 0.373 e. The van der Waals surface area contributed by atoms with Gasteiger partial charge in [0, 0.05) is 43.6 Å². The van der Waals surface area contributed by atoms with Gasteiger partial charge >= 0.3 is 0 Å². The lowest BCUT2D eigenvalue weighted by Gasteiger charge is -2.37. The Morgan fingerprint density at radius 1 is 1.03 bits per heavy atom. The number of pyridine rings is 1. The molecular weight excluding hydrogens is 374 g/mol. The quantitative estimate of drug-likeness (QED) is 0.747. The van der Waals surface area contributed by atoms with Gasteiger partial charge in [0.2, 0.25) is 0 Å². The highest BCUT2D eigenvalue weighted by Gasteiger charge is 2.26. The van der Waals surface area contributed by atoms with Crippen LogP contribution in [0.1, 0.15) is 44.4 Å². The molecule has 2 aliphatic heterocycles. The van der Waals surface area contributed by atoms with Crippen LogP contribution < -0.4 is 4.90 Å². The Hall–Kier alpha value is -2.05. The van der Waals surface area contributed by atoms with Crippen LogP contribution in [0.4, 0.5) is 5.82 Å². The van der Waals surface area contributed by atoms with E-state index in [1.807, 2.05) is 18.2 Å². The standard InChI is InChI=1S/C24H35N5O/c1-17-15-28(16-18(2)30-17)12-8-21-9-13-29(14-10-21)24-19(3)20(4)26-23(27-24)22-7-5-6-11-25-22/h5-7,11,17-18,21H,8-10,12-16H2,1-4H3. The second kappa shape index (κ2) is 9.40. The molecular formula is C24H35N5O. The summed E-state index contributed by atoms with van der Waals surface area (Å²) in [5, 5.41) is 0. The molecule has 4 rings (SSSR count). The van der Waals surface area contributed by atoms with Gasteiger partial charge in [0.1, 0.15) is 11.5 Å². The van der Waals surface area contributed by atoms with Crippen molar-refractivity contribution in [3.8, 4) is 11.5 Å². The number of ether oxygens (including phenoxy) is 1. The highest BCUT2D eigenvalue weighted by molar-refractivity contribution is 5.57. The zero-order chi connectivity index (χ0) is 21.1. The van der Waals surface area contributed by atoms with Gasteiger partial charge in [0.15, 0.2) is 5.82 Å². The zero-order valence-electron chi connectivity index (χ0n) is 18.8. The summed E-state index contributed by atoms with van der Waals surface area (Å²) in [5.41, 5.74) is 3.06. The van der Waals surface area contributed by atoms with Crippen LogP contribution in [0.3, 0.4) is 0 Å². The van der Waals surface area contributed by atoms with E-state index in [9.17, 15) is 0 Å². The monoisotopic (exact) mass is 409 g/mol. The maximum Gasteiger partial charge on any atom is 0.180 e. The average Bonchev–Trinajstić information content (AvgIpc) is 2.74. The minimum Gasteiger partial charge on any atom is -0.373 e. The molecule has 0 amide bonds. The molecule has 2 fully saturated rings. The molecule has 2 unspecified atom stereocenters. The van der Waals surface area contributed by atoms with E-state index in [0.717, 1.165) is 55.1 Å². The number of piperidine rings is 1. The summed E-state index contributed by atoms with van der Waals surface area (Å²) < 4.78 is 5.87. The molecule has 0 aromatic carbocycles. The molecule has 6 nitrogen and oxygen atoms in total. The SMILES string of the molecule is Cc1nc(-c2ccccn2)nc(N2CCC(CCN3CC(C)OC(C)C3)CC2)c1C. The molecule has 2 saturated heterocycles. The molecule has 2 atom stereocenters. The predicted molar refractivity (Wildman–Crippen MR) is 121 cm³/mol. The number of anilines is 1. The molecule has 2 aromatic rings. The number of rotatable bonds is 5. The number of hydrogen-bond acceptors (Lipinski definition) is 6. The van der Waals surface area contributed by atoms with E-state index in [0.29, 0.717) is 12.2 Å². The molecule has 0 saturated carbocycles. The van der Waals surface area contributed by atoms with Crippen LogP contribution >= 0.6 is 0 Å². The van der Waals surface area contributed by atoms with Crippen molar-refractivity contribution in [3.05, 3.63) is 35.7 Å². The van der Waals surface area contributed by atoms with Crippen LogP contribution in [0, 0.1) is 19.8 Å². The van der Waals surface area contributed by atoms with Gasteiger partial charge in [-0.15, -0.1) is 0 Å². The minimum atomic E-state index is 0.355. The second-order valence-corrected chi connectivity index (χ2v) is 9.03. The molecule has 30 heavy (non-hydrogen) atoms. The normalized spacial score (nSPS) is 23.7. The Labute approximate surface area is 180 Å². The van der Waals surface area contributed by atoms with Crippen molar-refractivity contribution < 1.29 is 4.74 Å². The third kappa shape index (κ3) is 4.98. The number of aryl methyl sites for hydroxylation is 1. The molecule has 0 bridgehead atoms. The Bertz CT molecular complexity index is 825. The summed E-state index contributed by atoms with van der Waals surface area (Å²) in [5.74, 6) is 2.61. The van der Waals surface area contributed by atoms with Gasteiger partial charge in [-0.3, -0.25) is 9.88 Å². The van der Waals surface area contributed by atoms with Crippen molar-refractivity contribution >= 4 is 5.82 Å². The molecule has 6 heteroatoms.